The van der Waals surface area contributed by atoms with Gasteiger partial charge in [-0.3, -0.25) is 4.79 Å². The van der Waals surface area contributed by atoms with E-state index in [1.54, 1.807) is 18.3 Å². The van der Waals surface area contributed by atoms with Crippen molar-refractivity contribution in [1.29, 1.82) is 0 Å². The number of hydrogen-bond acceptors (Lipinski definition) is 5. The molecule has 0 saturated carbocycles. The number of aryl methyl sites for hydroxylation is 1. The normalized spacial score (nSPS) is 14.6. The fourth-order valence-electron chi connectivity index (χ4n) is 2.87. The van der Waals surface area contributed by atoms with Gasteiger partial charge in [0.05, 0.1) is 11.3 Å². The Morgan fingerprint density at radius 2 is 1.76 bits per heavy atom. The van der Waals surface area contributed by atoms with Gasteiger partial charge in [-0.05, 0) is 31.2 Å². The maximum atomic E-state index is 13.0. The average Bonchev–Trinajstić information content (AvgIpc) is 2.62. The van der Waals surface area contributed by atoms with Gasteiger partial charge < -0.3 is 14.7 Å². The lowest BCUT2D eigenvalue weighted by Gasteiger charge is -2.36. The molecule has 0 spiro atoms. The number of hydrogen-bond donors (Lipinski definition) is 0. The number of rotatable bonds is 3. The highest BCUT2D eigenvalue weighted by molar-refractivity contribution is 5.95. The van der Waals surface area contributed by atoms with Crippen LogP contribution in [-0.2, 0) is 0 Å². The monoisotopic (exact) mass is 343 g/mol. The van der Waals surface area contributed by atoms with Gasteiger partial charge in [0.15, 0.2) is 0 Å². The molecule has 1 aliphatic rings. The van der Waals surface area contributed by atoms with Crippen molar-refractivity contribution in [1.82, 2.24) is 14.9 Å². The van der Waals surface area contributed by atoms with Crippen LogP contribution in [0.3, 0.4) is 0 Å². The van der Waals surface area contributed by atoms with Gasteiger partial charge in [0.1, 0.15) is 5.82 Å². The predicted molar refractivity (Wildman–Crippen MR) is 95.6 cm³/mol. The third kappa shape index (κ3) is 3.70. The maximum absolute atomic E-state index is 13.0. The van der Waals surface area contributed by atoms with E-state index in [1.165, 1.54) is 12.1 Å². The molecule has 2 aromatic rings. The number of carbonyl (C=O) groups is 1. The molecule has 0 N–H and O–H groups in total. The van der Waals surface area contributed by atoms with Crippen LogP contribution < -0.4 is 9.80 Å². The summed E-state index contributed by atoms with van der Waals surface area (Å²) in [6.07, 6.45) is 1.60. The minimum atomic E-state index is -0.241. The third-order valence-electron chi connectivity index (χ3n) is 4.36. The number of anilines is 2. The first-order valence-electron chi connectivity index (χ1n) is 8.26. The molecule has 0 aliphatic carbocycles. The topological polar surface area (TPSA) is 52.6 Å². The molecular weight excluding hydrogens is 321 g/mol. The van der Waals surface area contributed by atoms with E-state index in [0.29, 0.717) is 43.4 Å². The van der Waals surface area contributed by atoms with Crippen molar-refractivity contribution in [3.8, 4) is 0 Å². The summed E-state index contributed by atoms with van der Waals surface area (Å²) in [7, 11) is 3.73. The number of nitrogens with zero attached hydrogens (tertiary/aromatic N) is 5. The van der Waals surface area contributed by atoms with Crippen LogP contribution in [0.1, 0.15) is 16.1 Å². The second-order valence-electron chi connectivity index (χ2n) is 6.32. The van der Waals surface area contributed by atoms with Gasteiger partial charge in [0.25, 0.3) is 5.91 Å². The van der Waals surface area contributed by atoms with Crippen molar-refractivity contribution in [3.63, 3.8) is 0 Å². The van der Waals surface area contributed by atoms with Crippen molar-refractivity contribution in [2.24, 2.45) is 0 Å². The van der Waals surface area contributed by atoms with E-state index < -0.39 is 0 Å². The van der Waals surface area contributed by atoms with E-state index in [2.05, 4.69) is 14.9 Å². The van der Waals surface area contributed by atoms with Crippen molar-refractivity contribution in [2.45, 2.75) is 6.92 Å². The van der Waals surface area contributed by atoms with Crippen LogP contribution in [0.2, 0.25) is 0 Å². The minimum Gasteiger partial charge on any atom is -0.368 e. The maximum Gasteiger partial charge on any atom is 0.257 e. The van der Waals surface area contributed by atoms with Gasteiger partial charge in [-0.15, -0.1) is 0 Å². The molecule has 2 heterocycles. The zero-order valence-electron chi connectivity index (χ0n) is 14.7. The van der Waals surface area contributed by atoms with Crippen LogP contribution in [0.25, 0.3) is 0 Å². The lowest BCUT2D eigenvalue weighted by molar-refractivity contribution is 0.0745. The van der Waals surface area contributed by atoms with Crippen molar-refractivity contribution in [2.75, 3.05) is 50.1 Å². The molecule has 1 aromatic heterocycles. The largest absolute Gasteiger partial charge is 0.368 e. The summed E-state index contributed by atoms with van der Waals surface area (Å²) in [5.74, 6) is 0.311. The second-order valence-corrected chi connectivity index (χ2v) is 6.32. The lowest BCUT2D eigenvalue weighted by atomic mass is 10.2. The van der Waals surface area contributed by atoms with Gasteiger partial charge in [0, 0.05) is 52.2 Å². The SMILES string of the molecule is Cc1nc(N(C)C)ncc1C(=O)N1CCN(c2ccc(F)cc2)CC1. The van der Waals surface area contributed by atoms with Crippen molar-refractivity contribution < 1.29 is 9.18 Å². The summed E-state index contributed by atoms with van der Waals surface area (Å²) >= 11 is 0. The van der Waals surface area contributed by atoms with Gasteiger partial charge in [-0.1, -0.05) is 0 Å². The Kier molecular flexibility index (Phi) is 4.83. The Bertz CT molecular complexity index is 755. The lowest BCUT2D eigenvalue weighted by Crippen LogP contribution is -2.49. The Balaban J connectivity index is 1.66. The quantitative estimate of drug-likeness (QED) is 0.853. The minimum absolute atomic E-state index is 0.0402. The molecule has 1 amide bonds. The van der Waals surface area contributed by atoms with Crippen LogP contribution in [0.5, 0.6) is 0 Å². The Hall–Kier alpha value is -2.70. The first-order valence-corrected chi connectivity index (χ1v) is 8.26. The molecule has 0 atom stereocenters. The molecule has 0 bridgehead atoms. The number of aromatic nitrogens is 2. The van der Waals surface area contributed by atoms with Gasteiger partial charge >= 0.3 is 0 Å². The second kappa shape index (κ2) is 7.04. The first-order chi connectivity index (χ1) is 12.0. The number of benzene rings is 1. The molecule has 25 heavy (non-hydrogen) atoms. The standard InChI is InChI=1S/C18H22FN5O/c1-13-16(12-20-18(21-13)22(2)3)17(25)24-10-8-23(9-11-24)15-6-4-14(19)5-7-15/h4-7,12H,8-11H2,1-3H3. The molecule has 0 unspecified atom stereocenters. The zero-order chi connectivity index (χ0) is 18.0. The van der Waals surface area contributed by atoms with Crippen LogP contribution in [0.15, 0.2) is 30.5 Å². The summed E-state index contributed by atoms with van der Waals surface area (Å²) in [6.45, 7) is 4.49. The van der Waals surface area contributed by atoms with Crippen LogP contribution in [0, 0.1) is 12.7 Å². The van der Waals surface area contributed by atoms with Crippen LogP contribution in [-0.4, -0.2) is 61.0 Å². The molecule has 3 rings (SSSR count). The fraction of sp³-hybridized carbons (Fsp3) is 0.389. The van der Waals surface area contributed by atoms with Gasteiger partial charge in [0.2, 0.25) is 5.95 Å². The summed E-state index contributed by atoms with van der Waals surface area (Å²) in [5.41, 5.74) is 2.20. The highest BCUT2D eigenvalue weighted by atomic mass is 19.1. The van der Waals surface area contributed by atoms with Crippen molar-refractivity contribution in [3.05, 3.63) is 47.5 Å². The molecule has 0 radical (unpaired) electrons. The smallest absolute Gasteiger partial charge is 0.257 e. The van der Waals surface area contributed by atoms with Crippen molar-refractivity contribution >= 4 is 17.5 Å². The number of halogens is 1. The Morgan fingerprint density at radius 3 is 2.32 bits per heavy atom. The molecule has 1 aliphatic heterocycles. The number of amides is 1. The zero-order valence-corrected chi connectivity index (χ0v) is 14.7. The summed E-state index contributed by atoms with van der Waals surface area (Å²) < 4.78 is 13.0. The van der Waals surface area contributed by atoms with E-state index >= 15 is 0 Å². The molecule has 1 fully saturated rings. The number of carbonyl (C=O) groups excluding carboxylic acids is 1. The molecule has 6 nitrogen and oxygen atoms in total. The highest BCUT2D eigenvalue weighted by Gasteiger charge is 2.24. The Labute approximate surface area is 146 Å². The van der Waals surface area contributed by atoms with E-state index in [-0.39, 0.29) is 11.7 Å². The van der Waals surface area contributed by atoms with Crippen LogP contribution in [0.4, 0.5) is 16.0 Å². The summed E-state index contributed by atoms with van der Waals surface area (Å²) in [4.78, 5) is 27.2. The van der Waals surface area contributed by atoms with E-state index in [0.717, 1.165) is 5.69 Å². The third-order valence-corrected chi connectivity index (χ3v) is 4.36. The summed E-state index contributed by atoms with van der Waals surface area (Å²) in [5, 5.41) is 0. The van der Waals surface area contributed by atoms with E-state index in [1.807, 2.05) is 30.8 Å². The summed E-state index contributed by atoms with van der Waals surface area (Å²) in [6, 6.07) is 6.45. The fourth-order valence-corrected chi connectivity index (χ4v) is 2.87. The molecule has 7 heteroatoms. The highest BCUT2D eigenvalue weighted by Crippen LogP contribution is 2.18. The van der Waals surface area contributed by atoms with Crippen LogP contribution >= 0.6 is 0 Å². The van der Waals surface area contributed by atoms with E-state index in [4.69, 9.17) is 0 Å². The van der Waals surface area contributed by atoms with Gasteiger partial charge in [-0.25, -0.2) is 14.4 Å². The van der Waals surface area contributed by atoms with E-state index in [9.17, 15) is 9.18 Å². The Morgan fingerprint density at radius 1 is 1.12 bits per heavy atom. The molecule has 132 valence electrons. The molecular formula is C18H22FN5O. The average molecular weight is 343 g/mol. The predicted octanol–water partition coefficient (Wildman–Crippen LogP) is 1.95. The molecule has 1 aromatic carbocycles. The number of piperazine rings is 1. The van der Waals surface area contributed by atoms with Gasteiger partial charge in [-0.2, -0.15) is 0 Å². The first kappa shape index (κ1) is 17.1. The molecule has 1 saturated heterocycles.